The average molecular weight is 396 g/mol. The van der Waals surface area contributed by atoms with E-state index in [1.807, 2.05) is 19.0 Å². The van der Waals surface area contributed by atoms with Crippen molar-refractivity contribution in [1.82, 2.24) is 9.47 Å². The molecule has 1 aromatic carbocycles. The molecule has 0 unspecified atom stereocenters. The van der Waals surface area contributed by atoms with Crippen molar-refractivity contribution in [2.45, 2.75) is 19.9 Å². The number of esters is 1. The minimum absolute atomic E-state index is 0.127. The van der Waals surface area contributed by atoms with Crippen molar-refractivity contribution in [1.29, 1.82) is 0 Å². The quantitative estimate of drug-likeness (QED) is 0.693. The fraction of sp³-hybridized carbons (Fsp3) is 0.368. The topological polar surface area (TPSA) is 63.6 Å². The molecule has 6 nitrogen and oxygen atoms in total. The van der Waals surface area contributed by atoms with E-state index in [1.54, 1.807) is 17.7 Å². The lowest BCUT2D eigenvalue weighted by Gasteiger charge is -2.11. The molecule has 0 radical (unpaired) electrons. The summed E-state index contributed by atoms with van der Waals surface area (Å²) >= 11 is 5.71. The molecule has 0 saturated carbocycles. The van der Waals surface area contributed by atoms with Gasteiger partial charge < -0.3 is 19.5 Å². The Bertz CT molecular complexity index is 821. The van der Waals surface area contributed by atoms with Crippen LogP contribution in [-0.4, -0.2) is 48.6 Å². The number of rotatable bonds is 8. The van der Waals surface area contributed by atoms with Crippen LogP contribution in [0.2, 0.25) is 5.02 Å². The Morgan fingerprint density at radius 1 is 1.30 bits per heavy atom. The van der Waals surface area contributed by atoms with Crippen molar-refractivity contribution in [2.24, 2.45) is 0 Å². The van der Waals surface area contributed by atoms with Crippen LogP contribution in [0.5, 0.6) is 0 Å². The summed E-state index contributed by atoms with van der Waals surface area (Å²) in [6.45, 7) is 3.40. The number of ether oxygens (including phenoxy) is 1. The fourth-order valence-corrected chi connectivity index (χ4v) is 2.73. The van der Waals surface area contributed by atoms with Crippen LogP contribution >= 0.6 is 11.6 Å². The van der Waals surface area contributed by atoms with E-state index < -0.39 is 17.7 Å². The summed E-state index contributed by atoms with van der Waals surface area (Å²) in [6.07, 6.45) is 2.46. The van der Waals surface area contributed by atoms with Gasteiger partial charge >= 0.3 is 5.97 Å². The number of anilines is 1. The average Bonchev–Trinajstić information content (AvgIpc) is 2.97. The maximum atomic E-state index is 13.9. The van der Waals surface area contributed by atoms with Gasteiger partial charge in [0.1, 0.15) is 11.5 Å². The maximum Gasteiger partial charge on any atom is 0.355 e. The second-order valence-corrected chi connectivity index (χ2v) is 6.70. The molecule has 0 atom stereocenters. The number of carbonyl (C=O) groups excluding carboxylic acids is 2. The van der Waals surface area contributed by atoms with Crippen molar-refractivity contribution in [3.05, 3.63) is 52.6 Å². The number of aryl methyl sites for hydroxylation is 1. The highest BCUT2D eigenvalue weighted by atomic mass is 35.5. The molecule has 0 bridgehead atoms. The van der Waals surface area contributed by atoms with Gasteiger partial charge in [0, 0.05) is 17.8 Å². The molecule has 0 aliphatic rings. The highest BCUT2D eigenvalue weighted by Gasteiger charge is 2.18. The Hall–Kier alpha value is -2.38. The summed E-state index contributed by atoms with van der Waals surface area (Å²) in [5.74, 6) is -1.80. The summed E-state index contributed by atoms with van der Waals surface area (Å²) in [7, 11) is 3.93. The first-order chi connectivity index (χ1) is 12.8. The molecule has 0 spiro atoms. The zero-order valence-corrected chi connectivity index (χ0v) is 16.3. The third-order valence-corrected chi connectivity index (χ3v) is 4.05. The fourth-order valence-electron chi connectivity index (χ4n) is 2.57. The first kappa shape index (κ1) is 20.9. The molecule has 2 aromatic rings. The van der Waals surface area contributed by atoms with E-state index in [1.165, 1.54) is 18.2 Å². The van der Waals surface area contributed by atoms with E-state index in [2.05, 4.69) is 5.32 Å². The maximum absolute atomic E-state index is 13.9. The molecule has 27 heavy (non-hydrogen) atoms. The third kappa shape index (κ3) is 5.80. The van der Waals surface area contributed by atoms with E-state index in [-0.39, 0.29) is 17.2 Å². The first-order valence-electron chi connectivity index (χ1n) is 8.60. The summed E-state index contributed by atoms with van der Waals surface area (Å²) in [5.41, 5.74) is 0.599. The zero-order chi connectivity index (χ0) is 20.0. The number of halogens is 2. The lowest BCUT2D eigenvalue weighted by atomic mass is 10.2. The smallest absolute Gasteiger partial charge is 0.355 e. The molecule has 0 saturated heterocycles. The van der Waals surface area contributed by atoms with Crippen LogP contribution in [0.3, 0.4) is 0 Å². The highest BCUT2D eigenvalue weighted by Crippen LogP contribution is 2.19. The van der Waals surface area contributed by atoms with Crippen LogP contribution in [0.1, 0.15) is 34.2 Å². The van der Waals surface area contributed by atoms with Gasteiger partial charge in [-0.2, -0.15) is 0 Å². The van der Waals surface area contributed by atoms with Crippen LogP contribution in [-0.2, 0) is 11.3 Å². The molecule has 146 valence electrons. The Morgan fingerprint density at radius 3 is 2.67 bits per heavy atom. The molecule has 0 aliphatic carbocycles. The predicted octanol–water partition coefficient (Wildman–Crippen LogP) is 3.66. The SMILES string of the molecule is CCOC(=O)c1cc(NC(=O)c2ccc(Cl)cc2F)cn1CCCN(C)C. The molecule has 2 rings (SSSR count). The van der Waals surface area contributed by atoms with Gasteiger partial charge in [-0.15, -0.1) is 0 Å². The van der Waals surface area contributed by atoms with Crippen LogP contribution in [0, 0.1) is 5.82 Å². The largest absolute Gasteiger partial charge is 0.461 e. The van der Waals surface area contributed by atoms with Gasteiger partial charge in [-0.25, -0.2) is 9.18 Å². The molecule has 1 aromatic heterocycles. The van der Waals surface area contributed by atoms with E-state index >= 15 is 0 Å². The number of aromatic nitrogens is 1. The van der Waals surface area contributed by atoms with Crippen molar-refractivity contribution >= 4 is 29.2 Å². The molecule has 0 fully saturated rings. The first-order valence-corrected chi connectivity index (χ1v) is 8.98. The minimum Gasteiger partial charge on any atom is -0.461 e. The van der Waals surface area contributed by atoms with Crippen LogP contribution in [0.25, 0.3) is 0 Å². The molecule has 0 aliphatic heterocycles. The highest BCUT2D eigenvalue weighted by molar-refractivity contribution is 6.30. The van der Waals surface area contributed by atoms with Crippen LogP contribution in [0.15, 0.2) is 30.5 Å². The van der Waals surface area contributed by atoms with Crippen molar-refractivity contribution < 1.29 is 18.7 Å². The zero-order valence-electron chi connectivity index (χ0n) is 15.6. The molecule has 1 amide bonds. The van der Waals surface area contributed by atoms with E-state index in [9.17, 15) is 14.0 Å². The predicted molar refractivity (Wildman–Crippen MR) is 103 cm³/mol. The third-order valence-electron chi connectivity index (χ3n) is 3.82. The molecular weight excluding hydrogens is 373 g/mol. The van der Waals surface area contributed by atoms with Gasteiger partial charge in [-0.1, -0.05) is 11.6 Å². The summed E-state index contributed by atoms with van der Waals surface area (Å²) in [5, 5.41) is 2.82. The van der Waals surface area contributed by atoms with Crippen molar-refractivity contribution in [2.75, 3.05) is 32.6 Å². The van der Waals surface area contributed by atoms with Gasteiger partial charge in [0.05, 0.1) is 17.9 Å². The summed E-state index contributed by atoms with van der Waals surface area (Å²) < 4.78 is 20.7. The van der Waals surface area contributed by atoms with Gasteiger partial charge in [0.25, 0.3) is 5.91 Å². The molecular formula is C19H23ClFN3O3. The van der Waals surface area contributed by atoms with Crippen LogP contribution < -0.4 is 5.32 Å². The lowest BCUT2D eigenvalue weighted by Crippen LogP contribution is -2.17. The Labute approximate surface area is 162 Å². The number of hydrogen-bond acceptors (Lipinski definition) is 4. The van der Waals surface area contributed by atoms with E-state index in [4.69, 9.17) is 16.3 Å². The number of carbonyl (C=O) groups is 2. The number of benzene rings is 1. The van der Waals surface area contributed by atoms with Gasteiger partial charge in [-0.3, -0.25) is 4.79 Å². The number of nitrogens with one attached hydrogen (secondary N) is 1. The van der Waals surface area contributed by atoms with Crippen molar-refractivity contribution in [3.63, 3.8) is 0 Å². The Balaban J connectivity index is 2.20. The normalized spacial score (nSPS) is 10.9. The second-order valence-electron chi connectivity index (χ2n) is 6.26. The lowest BCUT2D eigenvalue weighted by molar-refractivity contribution is 0.0513. The number of nitrogens with zero attached hydrogens (tertiary/aromatic N) is 2. The number of hydrogen-bond donors (Lipinski definition) is 1. The van der Waals surface area contributed by atoms with Gasteiger partial charge in [0.2, 0.25) is 0 Å². The standard InChI is InChI=1S/C19H23ClFN3O3/c1-4-27-19(26)17-11-14(12-24(17)9-5-8-23(2)3)22-18(25)15-7-6-13(20)10-16(15)21/h6-7,10-12H,4-5,8-9H2,1-3H3,(H,22,25). The van der Waals surface area contributed by atoms with Gasteiger partial charge in [-0.05, 0) is 58.3 Å². The minimum atomic E-state index is -0.712. The van der Waals surface area contributed by atoms with Crippen LogP contribution in [0.4, 0.5) is 10.1 Å². The molecule has 8 heteroatoms. The second kappa shape index (κ2) is 9.53. The number of amides is 1. The van der Waals surface area contributed by atoms with Gasteiger partial charge in [0.15, 0.2) is 0 Å². The Morgan fingerprint density at radius 2 is 2.04 bits per heavy atom. The van der Waals surface area contributed by atoms with E-state index in [0.29, 0.717) is 17.9 Å². The molecule has 1 heterocycles. The molecule has 1 N–H and O–H groups in total. The van der Waals surface area contributed by atoms with Crippen molar-refractivity contribution in [3.8, 4) is 0 Å². The monoisotopic (exact) mass is 395 g/mol. The van der Waals surface area contributed by atoms with E-state index in [0.717, 1.165) is 19.0 Å². The Kier molecular flexibility index (Phi) is 7.38. The summed E-state index contributed by atoms with van der Waals surface area (Å²) in [4.78, 5) is 26.6. The summed E-state index contributed by atoms with van der Waals surface area (Å²) in [6, 6.07) is 5.36.